The van der Waals surface area contributed by atoms with Crippen LogP contribution in [0.3, 0.4) is 0 Å². The first-order valence-electron chi connectivity index (χ1n) is 12.3. The van der Waals surface area contributed by atoms with Crippen molar-refractivity contribution in [3.8, 4) is 0 Å². The Morgan fingerprint density at radius 1 is 1.12 bits per heavy atom. The van der Waals surface area contributed by atoms with E-state index in [2.05, 4.69) is 26.0 Å². The molecule has 3 atom stereocenters. The van der Waals surface area contributed by atoms with E-state index in [0.717, 1.165) is 31.3 Å². The van der Waals surface area contributed by atoms with E-state index in [1.807, 2.05) is 23.1 Å². The Hall–Kier alpha value is -1.82. The highest BCUT2D eigenvalue weighted by atomic mass is 19.4. The first-order valence-corrected chi connectivity index (χ1v) is 12.3. The maximum atomic E-state index is 14.1. The number of halogens is 3. The van der Waals surface area contributed by atoms with Gasteiger partial charge in [0, 0.05) is 19.1 Å². The Kier molecular flexibility index (Phi) is 5.28. The summed E-state index contributed by atoms with van der Waals surface area (Å²) in [5, 5.41) is 0. The van der Waals surface area contributed by atoms with Gasteiger partial charge in [0.25, 0.3) is 0 Å². The van der Waals surface area contributed by atoms with Gasteiger partial charge in [0.05, 0.1) is 11.8 Å². The van der Waals surface area contributed by atoms with Crippen LogP contribution in [0.15, 0.2) is 42.0 Å². The lowest BCUT2D eigenvalue weighted by Gasteiger charge is -2.63. The Labute approximate surface area is 194 Å². The molecule has 6 heteroatoms. The highest BCUT2D eigenvalue weighted by Crippen LogP contribution is 2.68. The van der Waals surface area contributed by atoms with Crippen molar-refractivity contribution < 1.29 is 18.0 Å². The van der Waals surface area contributed by atoms with Crippen molar-refractivity contribution in [3.05, 3.63) is 47.5 Å². The molecule has 1 amide bonds. The number of nitrogens with zero attached hydrogens (tertiary/aromatic N) is 1. The second-order valence-electron chi connectivity index (χ2n) is 11.9. The minimum Gasteiger partial charge on any atom is -0.342 e. The molecular weight excluding hydrogens is 425 g/mol. The molecule has 5 aliphatic rings. The topological polar surface area (TPSA) is 46.3 Å². The quantitative estimate of drug-likeness (QED) is 0.597. The number of likely N-dealkylation sites (tertiary alicyclic amines) is 1. The average Bonchev–Trinajstić information content (AvgIpc) is 2.74. The minimum absolute atomic E-state index is 0.0535. The zero-order valence-corrected chi connectivity index (χ0v) is 19.6. The van der Waals surface area contributed by atoms with Crippen LogP contribution in [-0.4, -0.2) is 36.1 Å². The van der Waals surface area contributed by atoms with Crippen LogP contribution in [0.5, 0.6) is 0 Å². The summed E-state index contributed by atoms with van der Waals surface area (Å²) >= 11 is 0. The number of piperidine rings is 1. The Bertz CT molecular complexity index is 934. The molecule has 0 aromatic heterocycles. The third kappa shape index (κ3) is 3.92. The van der Waals surface area contributed by atoms with E-state index in [9.17, 15) is 18.0 Å². The van der Waals surface area contributed by atoms with E-state index in [-0.39, 0.29) is 34.6 Å². The molecule has 4 saturated carbocycles. The standard InChI is InChI=1S/C27H35F3N2O/c1-24(2)17-32(11-9-22(24)31)23(33)26-14-18-12-25(16-26,20-6-4-3-5-7-20)13-19(15-26)21(18)8-10-27(28,29)30/h3-8,18-19,22H,9-17,31H2,1-2H3/t18?,19?,22-,25?,26?/m0/s1. The van der Waals surface area contributed by atoms with Crippen LogP contribution < -0.4 is 5.73 Å². The van der Waals surface area contributed by atoms with E-state index in [4.69, 9.17) is 5.73 Å². The van der Waals surface area contributed by atoms with Crippen LogP contribution in [0.2, 0.25) is 0 Å². The number of alkyl halides is 3. The van der Waals surface area contributed by atoms with E-state index < -0.39 is 18.0 Å². The molecule has 4 aliphatic carbocycles. The summed E-state index contributed by atoms with van der Waals surface area (Å²) in [7, 11) is 0. The van der Waals surface area contributed by atoms with Crippen LogP contribution in [0.1, 0.15) is 64.4 Å². The molecule has 0 spiro atoms. The lowest BCUT2D eigenvalue weighted by Crippen LogP contribution is -2.63. The van der Waals surface area contributed by atoms with Crippen LogP contribution in [0.4, 0.5) is 13.2 Å². The Morgan fingerprint density at radius 3 is 2.33 bits per heavy atom. The molecule has 4 bridgehead atoms. The van der Waals surface area contributed by atoms with Crippen molar-refractivity contribution in [2.45, 2.75) is 76.4 Å². The first kappa shape index (κ1) is 22.9. The molecular formula is C27H35F3N2O. The summed E-state index contributed by atoms with van der Waals surface area (Å²) in [5.74, 6) is 0.322. The maximum absolute atomic E-state index is 14.1. The molecule has 180 valence electrons. The van der Waals surface area contributed by atoms with Gasteiger partial charge in [-0.25, -0.2) is 0 Å². The number of carbonyl (C=O) groups excluding carboxylic acids is 1. The molecule has 33 heavy (non-hydrogen) atoms. The molecule has 1 saturated heterocycles. The van der Waals surface area contributed by atoms with Crippen LogP contribution in [0.25, 0.3) is 0 Å². The van der Waals surface area contributed by atoms with Crippen molar-refractivity contribution in [1.82, 2.24) is 4.90 Å². The van der Waals surface area contributed by atoms with Crippen molar-refractivity contribution in [1.29, 1.82) is 0 Å². The van der Waals surface area contributed by atoms with Gasteiger partial charge in [0.1, 0.15) is 0 Å². The van der Waals surface area contributed by atoms with Gasteiger partial charge in [-0.15, -0.1) is 0 Å². The zero-order valence-electron chi connectivity index (χ0n) is 19.6. The third-order valence-corrected chi connectivity index (χ3v) is 9.18. The molecule has 6 rings (SSSR count). The van der Waals surface area contributed by atoms with Gasteiger partial charge in [-0.1, -0.05) is 55.8 Å². The van der Waals surface area contributed by atoms with Gasteiger partial charge in [0.2, 0.25) is 5.91 Å². The number of carbonyl (C=O) groups is 1. The molecule has 1 aliphatic heterocycles. The fourth-order valence-electron chi connectivity index (χ4n) is 7.77. The Morgan fingerprint density at radius 2 is 1.76 bits per heavy atom. The van der Waals surface area contributed by atoms with Gasteiger partial charge in [-0.2, -0.15) is 13.2 Å². The fraction of sp³-hybridized carbons (Fsp3) is 0.667. The van der Waals surface area contributed by atoms with Crippen molar-refractivity contribution in [3.63, 3.8) is 0 Å². The number of hydrogen-bond acceptors (Lipinski definition) is 2. The lowest BCUT2D eigenvalue weighted by atomic mass is 9.41. The normalized spacial score (nSPS) is 37.3. The number of allylic oxidation sites excluding steroid dienone is 2. The molecule has 2 N–H and O–H groups in total. The van der Waals surface area contributed by atoms with Gasteiger partial charge < -0.3 is 10.6 Å². The molecule has 0 radical (unpaired) electrons. The maximum Gasteiger partial charge on any atom is 0.392 e. The second kappa shape index (κ2) is 7.59. The molecule has 1 aromatic rings. The second-order valence-corrected chi connectivity index (χ2v) is 11.9. The monoisotopic (exact) mass is 460 g/mol. The predicted octanol–water partition coefficient (Wildman–Crippen LogP) is 5.60. The minimum atomic E-state index is -4.19. The largest absolute Gasteiger partial charge is 0.392 e. The summed E-state index contributed by atoms with van der Waals surface area (Å²) < 4.78 is 39.1. The van der Waals surface area contributed by atoms with Crippen molar-refractivity contribution in [2.75, 3.05) is 13.1 Å². The summed E-state index contributed by atoms with van der Waals surface area (Å²) in [5.41, 5.74) is 7.80. The average molecular weight is 461 g/mol. The van der Waals surface area contributed by atoms with Crippen LogP contribution >= 0.6 is 0 Å². The van der Waals surface area contributed by atoms with E-state index in [0.29, 0.717) is 25.9 Å². The third-order valence-electron chi connectivity index (χ3n) is 9.18. The van der Waals surface area contributed by atoms with Crippen molar-refractivity contribution >= 4 is 5.91 Å². The molecule has 1 aromatic carbocycles. The number of hydrogen-bond donors (Lipinski definition) is 1. The smallest absolute Gasteiger partial charge is 0.342 e. The summed E-state index contributed by atoms with van der Waals surface area (Å²) in [6, 6.07) is 10.4. The summed E-state index contributed by atoms with van der Waals surface area (Å²) in [6.07, 6.45) is 1.07. The van der Waals surface area contributed by atoms with Crippen LogP contribution in [-0.2, 0) is 10.2 Å². The number of benzene rings is 1. The molecule has 5 fully saturated rings. The molecule has 3 nitrogen and oxygen atoms in total. The van der Waals surface area contributed by atoms with Gasteiger partial charge >= 0.3 is 6.18 Å². The molecule has 1 heterocycles. The highest BCUT2D eigenvalue weighted by molar-refractivity contribution is 5.84. The van der Waals surface area contributed by atoms with Crippen molar-refractivity contribution in [2.24, 2.45) is 28.4 Å². The Balaban J connectivity index is 1.50. The van der Waals surface area contributed by atoms with Gasteiger partial charge in [0.15, 0.2) is 0 Å². The van der Waals surface area contributed by atoms with Gasteiger partial charge in [-0.3, -0.25) is 4.79 Å². The number of nitrogens with two attached hydrogens (primary N) is 1. The van der Waals surface area contributed by atoms with E-state index in [1.54, 1.807) is 0 Å². The number of amides is 1. The summed E-state index contributed by atoms with van der Waals surface area (Å²) in [6.45, 7) is 5.58. The SMILES string of the molecule is CC1(C)CN(C(=O)C23CC4CC(c5ccccc5)(CC(C2)C4=CCC(F)(F)F)C3)CC[C@@H]1N. The predicted molar refractivity (Wildman–Crippen MR) is 122 cm³/mol. The van der Waals surface area contributed by atoms with Crippen LogP contribution in [0, 0.1) is 22.7 Å². The zero-order chi connectivity index (χ0) is 23.6. The fourth-order valence-corrected chi connectivity index (χ4v) is 7.77. The number of rotatable bonds is 3. The molecule has 2 unspecified atom stereocenters. The van der Waals surface area contributed by atoms with E-state index >= 15 is 0 Å². The van der Waals surface area contributed by atoms with Gasteiger partial charge in [-0.05, 0) is 66.8 Å². The highest BCUT2D eigenvalue weighted by Gasteiger charge is 2.63. The first-order chi connectivity index (χ1) is 15.4. The van der Waals surface area contributed by atoms with E-state index in [1.165, 1.54) is 11.6 Å². The summed E-state index contributed by atoms with van der Waals surface area (Å²) in [4.78, 5) is 16.2. The lowest BCUT2D eigenvalue weighted by molar-refractivity contribution is -0.159.